The Bertz CT molecular complexity index is 434. The van der Waals surface area contributed by atoms with Gasteiger partial charge in [-0.05, 0) is 55.7 Å². The van der Waals surface area contributed by atoms with Crippen LogP contribution in [0.2, 0.25) is 4.34 Å². The van der Waals surface area contributed by atoms with E-state index in [1.54, 1.807) is 11.3 Å². The van der Waals surface area contributed by atoms with Crippen LogP contribution in [-0.2, 0) is 6.42 Å². The standard InChI is InChI=1S/C17H26ClNS/c1-12-5-7-13(8-6-12)9-10-19-15-3-2-4-16-14(15)11-17(18)20-16/h11-13,15,19H,2-10H2,1H3. The molecule has 2 aliphatic carbocycles. The fourth-order valence-corrected chi connectivity index (χ4v) is 5.20. The zero-order valence-electron chi connectivity index (χ0n) is 12.5. The van der Waals surface area contributed by atoms with E-state index in [0.29, 0.717) is 6.04 Å². The minimum Gasteiger partial charge on any atom is -0.310 e. The maximum atomic E-state index is 6.18. The summed E-state index contributed by atoms with van der Waals surface area (Å²) in [5.74, 6) is 1.93. The summed E-state index contributed by atoms with van der Waals surface area (Å²) in [5, 5.41) is 3.80. The Labute approximate surface area is 132 Å². The number of nitrogens with one attached hydrogen (secondary N) is 1. The molecule has 1 unspecified atom stereocenters. The van der Waals surface area contributed by atoms with Crippen molar-refractivity contribution in [3.8, 4) is 0 Å². The number of fused-ring (bicyclic) bond motifs is 1. The first-order valence-electron chi connectivity index (χ1n) is 8.24. The average molecular weight is 312 g/mol. The predicted molar refractivity (Wildman–Crippen MR) is 88.7 cm³/mol. The average Bonchev–Trinajstić information content (AvgIpc) is 2.82. The lowest BCUT2D eigenvalue weighted by molar-refractivity contribution is 0.271. The van der Waals surface area contributed by atoms with Crippen LogP contribution in [0.1, 0.15) is 68.4 Å². The topological polar surface area (TPSA) is 12.0 Å². The molecule has 1 aromatic rings. The van der Waals surface area contributed by atoms with Gasteiger partial charge < -0.3 is 5.32 Å². The van der Waals surface area contributed by atoms with Crippen molar-refractivity contribution in [2.75, 3.05) is 6.54 Å². The molecule has 0 spiro atoms. The van der Waals surface area contributed by atoms with Crippen molar-refractivity contribution in [2.24, 2.45) is 11.8 Å². The molecule has 0 aliphatic heterocycles. The van der Waals surface area contributed by atoms with Gasteiger partial charge in [-0.15, -0.1) is 11.3 Å². The third-order valence-corrected chi connectivity index (χ3v) is 6.50. The van der Waals surface area contributed by atoms with Gasteiger partial charge in [-0.2, -0.15) is 0 Å². The summed E-state index contributed by atoms with van der Waals surface area (Å²) in [6.07, 6.45) is 11.0. The molecule has 0 amide bonds. The van der Waals surface area contributed by atoms with Crippen LogP contribution >= 0.6 is 22.9 Å². The van der Waals surface area contributed by atoms with Crippen LogP contribution in [-0.4, -0.2) is 6.54 Å². The second kappa shape index (κ2) is 6.81. The van der Waals surface area contributed by atoms with Gasteiger partial charge in [0.15, 0.2) is 0 Å². The highest BCUT2D eigenvalue weighted by molar-refractivity contribution is 7.16. The summed E-state index contributed by atoms with van der Waals surface area (Å²) in [6, 6.07) is 2.76. The lowest BCUT2D eigenvalue weighted by atomic mass is 9.81. The summed E-state index contributed by atoms with van der Waals surface area (Å²) in [6.45, 7) is 3.58. The van der Waals surface area contributed by atoms with Gasteiger partial charge in [-0.25, -0.2) is 0 Å². The molecule has 3 rings (SSSR count). The van der Waals surface area contributed by atoms with Gasteiger partial charge in [0.05, 0.1) is 4.34 Å². The zero-order valence-corrected chi connectivity index (χ0v) is 14.0. The Kier molecular flexibility index (Phi) is 5.06. The first-order valence-corrected chi connectivity index (χ1v) is 9.43. The van der Waals surface area contributed by atoms with Crippen molar-refractivity contribution in [1.82, 2.24) is 5.32 Å². The van der Waals surface area contributed by atoms with Crippen LogP contribution in [0, 0.1) is 11.8 Å². The molecule has 0 saturated heterocycles. The molecular formula is C17H26ClNS. The summed E-state index contributed by atoms with van der Waals surface area (Å²) in [7, 11) is 0. The van der Waals surface area contributed by atoms with Gasteiger partial charge in [0.2, 0.25) is 0 Å². The lowest BCUT2D eigenvalue weighted by Crippen LogP contribution is -2.27. The molecule has 3 heteroatoms. The molecule has 1 N–H and O–H groups in total. The Hall–Kier alpha value is -0.0500. The number of thiophene rings is 1. The van der Waals surface area contributed by atoms with Crippen molar-refractivity contribution < 1.29 is 0 Å². The Morgan fingerprint density at radius 2 is 2.05 bits per heavy atom. The molecule has 1 heterocycles. The summed E-state index contributed by atoms with van der Waals surface area (Å²) in [5.41, 5.74) is 1.49. The molecule has 20 heavy (non-hydrogen) atoms. The predicted octanol–water partition coefficient (Wildman–Crippen LogP) is 5.58. The number of aryl methyl sites for hydroxylation is 1. The molecule has 2 aliphatic rings. The lowest BCUT2D eigenvalue weighted by Gasteiger charge is -2.28. The second-order valence-electron chi connectivity index (χ2n) is 6.74. The second-order valence-corrected chi connectivity index (χ2v) is 8.51. The molecule has 1 nitrogen and oxygen atoms in total. The molecule has 1 atom stereocenters. The monoisotopic (exact) mass is 311 g/mol. The minimum atomic E-state index is 0.560. The molecule has 0 aromatic carbocycles. The van der Waals surface area contributed by atoms with Crippen LogP contribution in [0.4, 0.5) is 0 Å². The van der Waals surface area contributed by atoms with E-state index in [9.17, 15) is 0 Å². The van der Waals surface area contributed by atoms with Crippen molar-refractivity contribution in [1.29, 1.82) is 0 Å². The van der Waals surface area contributed by atoms with Crippen LogP contribution in [0.15, 0.2) is 6.07 Å². The van der Waals surface area contributed by atoms with Gasteiger partial charge in [-0.3, -0.25) is 0 Å². The molecule has 0 bridgehead atoms. The summed E-state index contributed by atoms with van der Waals surface area (Å²) in [4.78, 5) is 1.52. The quantitative estimate of drug-likeness (QED) is 0.765. The van der Waals surface area contributed by atoms with E-state index < -0.39 is 0 Å². The van der Waals surface area contributed by atoms with Gasteiger partial charge in [0.1, 0.15) is 0 Å². The highest BCUT2D eigenvalue weighted by atomic mass is 35.5. The molecule has 1 fully saturated rings. The normalized spacial score (nSPS) is 30.2. The van der Waals surface area contributed by atoms with Crippen molar-refractivity contribution >= 4 is 22.9 Å². The van der Waals surface area contributed by atoms with Crippen LogP contribution in [0.25, 0.3) is 0 Å². The zero-order chi connectivity index (χ0) is 13.9. The van der Waals surface area contributed by atoms with Gasteiger partial charge in [-0.1, -0.05) is 44.2 Å². The van der Waals surface area contributed by atoms with Gasteiger partial charge in [0, 0.05) is 10.9 Å². The Morgan fingerprint density at radius 3 is 2.85 bits per heavy atom. The van der Waals surface area contributed by atoms with Crippen molar-refractivity contribution in [3.05, 3.63) is 20.8 Å². The summed E-state index contributed by atoms with van der Waals surface area (Å²) < 4.78 is 0.963. The Morgan fingerprint density at radius 1 is 1.25 bits per heavy atom. The van der Waals surface area contributed by atoms with E-state index in [4.69, 9.17) is 11.6 Å². The largest absolute Gasteiger partial charge is 0.310 e. The maximum Gasteiger partial charge on any atom is 0.0934 e. The molecule has 1 saturated carbocycles. The molecule has 112 valence electrons. The van der Waals surface area contributed by atoms with Gasteiger partial charge >= 0.3 is 0 Å². The van der Waals surface area contributed by atoms with E-state index in [-0.39, 0.29) is 0 Å². The fourth-order valence-electron chi connectivity index (χ4n) is 3.81. The number of rotatable bonds is 4. The number of hydrogen-bond acceptors (Lipinski definition) is 2. The molecule has 0 radical (unpaired) electrons. The van der Waals surface area contributed by atoms with Crippen LogP contribution in [0.3, 0.4) is 0 Å². The van der Waals surface area contributed by atoms with Crippen molar-refractivity contribution in [3.63, 3.8) is 0 Å². The third-order valence-electron chi connectivity index (χ3n) is 5.16. The van der Waals surface area contributed by atoms with E-state index in [1.807, 2.05) is 0 Å². The molecular weight excluding hydrogens is 286 g/mol. The minimum absolute atomic E-state index is 0.560. The molecule has 1 aromatic heterocycles. The first-order chi connectivity index (χ1) is 9.72. The third kappa shape index (κ3) is 3.58. The summed E-state index contributed by atoms with van der Waals surface area (Å²) >= 11 is 7.96. The smallest absolute Gasteiger partial charge is 0.0934 e. The van der Waals surface area contributed by atoms with Gasteiger partial charge in [0.25, 0.3) is 0 Å². The highest BCUT2D eigenvalue weighted by Gasteiger charge is 2.23. The van der Waals surface area contributed by atoms with E-state index >= 15 is 0 Å². The fraction of sp³-hybridized carbons (Fsp3) is 0.765. The SMILES string of the molecule is CC1CCC(CCNC2CCCc3sc(Cl)cc32)CC1. The number of hydrogen-bond donors (Lipinski definition) is 1. The number of halogens is 1. The van der Waals surface area contributed by atoms with Crippen LogP contribution in [0.5, 0.6) is 0 Å². The maximum absolute atomic E-state index is 6.18. The van der Waals surface area contributed by atoms with E-state index in [0.717, 1.165) is 16.2 Å². The highest BCUT2D eigenvalue weighted by Crippen LogP contribution is 2.38. The van der Waals surface area contributed by atoms with E-state index in [2.05, 4.69) is 18.3 Å². The van der Waals surface area contributed by atoms with E-state index in [1.165, 1.54) is 68.4 Å². The van der Waals surface area contributed by atoms with Crippen LogP contribution < -0.4 is 5.32 Å². The van der Waals surface area contributed by atoms with Crippen molar-refractivity contribution in [2.45, 2.75) is 64.3 Å². The Balaban J connectivity index is 1.47. The first kappa shape index (κ1) is 14.9.